The molecule has 4 rings (SSSR count). The van der Waals surface area contributed by atoms with Crippen molar-refractivity contribution in [1.82, 2.24) is 19.4 Å². The largest absolute Gasteiger partial charge is 0.378 e. The Kier molecular flexibility index (Phi) is 5.57. The van der Waals surface area contributed by atoms with Crippen molar-refractivity contribution in [2.45, 2.75) is 12.8 Å². The van der Waals surface area contributed by atoms with Gasteiger partial charge < -0.3 is 24.4 Å². The van der Waals surface area contributed by atoms with Gasteiger partial charge in [0.1, 0.15) is 0 Å². The highest BCUT2D eigenvalue weighted by molar-refractivity contribution is 5.89. The molecule has 148 valence electrons. The van der Waals surface area contributed by atoms with Gasteiger partial charge in [0.2, 0.25) is 5.91 Å². The van der Waals surface area contributed by atoms with Gasteiger partial charge in [0.15, 0.2) is 0 Å². The van der Waals surface area contributed by atoms with Gasteiger partial charge in [-0.25, -0.2) is 9.78 Å². The molecule has 0 bridgehead atoms. The van der Waals surface area contributed by atoms with Gasteiger partial charge >= 0.3 is 6.03 Å². The number of carbonyl (C=O) groups is 2. The summed E-state index contributed by atoms with van der Waals surface area (Å²) >= 11 is 0. The van der Waals surface area contributed by atoms with E-state index in [9.17, 15) is 9.59 Å². The topological polar surface area (TPSA) is 79.7 Å². The van der Waals surface area contributed by atoms with E-state index in [-0.39, 0.29) is 17.9 Å². The molecule has 0 atom stereocenters. The maximum absolute atomic E-state index is 12.6. The highest BCUT2D eigenvalue weighted by Crippen LogP contribution is 2.21. The number of imidazole rings is 1. The van der Waals surface area contributed by atoms with E-state index < -0.39 is 0 Å². The van der Waals surface area contributed by atoms with Crippen LogP contribution in [0.3, 0.4) is 0 Å². The van der Waals surface area contributed by atoms with Gasteiger partial charge in [0.25, 0.3) is 0 Å². The zero-order valence-corrected chi connectivity index (χ0v) is 15.8. The minimum absolute atomic E-state index is 0.0108. The van der Waals surface area contributed by atoms with Crippen molar-refractivity contribution in [3.05, 3.63) is 43.0 Å². The number of aromatic nitrogens is 2. The molecule has 1 aromatic carbocycles. The highest BCUT2D eigenvalue weighted by atomic mass is 16.5. The molecule has 8 heteroatoms. The van der Waals surface area contributed by atoms with E-state index in [1.807, 2.05) is 39.9 Å². The van der Waals surface area contributed by atoms with E-state index >= 15 is 0 Å². The van der Waals surface area contributed by atoms with Gasteiger partial charge in [0.05, 0.1) is 19.5 Å². The second-order valence-corrected chi connectivity index (χ2v) is 7.15. The van der Waals surface area contributed by atoms with Crippen molar-refractivity contribution < 1.29 is 14.3 Å². The monoisotopic (exact) mass is 383 g/mol. The molecule has 8 nitrogen and oxygen atoms in total. The van der Waals surface area contributed by atoms with Crippen molar-refractivity contribution >= 4 is 17.6 Å². The third kappa shape index (κ3) is 4.17. The molecule has 3 heterocycles. The van der Waals surface area contributed by atoms with E-state index in [1.54, 1.807) is 17.4 Å². The van der Waals surface area contributed by atoms with Crippen LogP contribution in [0.1, 0.15) is 12.8 Å². The van der Waals surface area contributed by atoms with E-state index in [2.05, 4.69) is 10.3 Å². The Morgan fingerprint density at radius 1 is 1.00 bits per heavy atom. The molecule has 0 saturated carbocycles. The van der Waals surface area contributed by atoms with Crippen molar-refractivity contribution in [2.24, 2.45) is 5.92 Å². The van der Waals surface area contributed by atoms with E-state index in [4.69, 9.17) is 4.74 Å². The predicted molar refractivity (Wildman–Crippen MR) is 104 cm³/mol. The first-order valence-corrected chi connectivity index (χ1v) is 9.71. The van der Waals surface area contributed by atoms with Crippen LogP contribution in [0.2, 0.25) is 0 Å². The number of nitrogens with zero attached hydrogens (tertiary/aromatic N) is 4. The molecule has 2 aliphatic heterocycles. The number of nitrogens with one attached hydrogen (secondary N) is 1. The average Bonchev–Trinajstić information content (AvgIpc) is 3.29. The quantitative estimate of drug-likeness (QED) is 0.879. The van der Waals surface area contributed by atoms with Crippen molar-refractivity contribution in [1.29, 1.82) is 0 Å². The van der Waals surface area contributed by atoms with Crippen LogP contribution in [0.15, 0.2) is 43.0 Å². The van der Waals surface area contributed by atoms with Crippen LogP contribution in [0.25, 0.3) is 5.69 Å². The number of hydrogen-bond acceptors (Lipinski definition) is 4. The molecule has 2 aromatic rings. The summed E-state index contributed by atoms with van der Waals surface area (Å²) in [4.78, 5) is 32.9. The lowest BCUT2D eigenvalue weighted by molar-refractivity contribution is -0.140. The molecule has 2 aliphatic rings. The first-order chi connectivity index (χ1) is 13.7. The van der Waals surface area contributed by atoms with Crippen molar-refractivity contribution in [2.75, 3.05) is 44.7 Å². The fraction of sp³-hybridized carbons (Fsp3) is 0.450. The molecular weight excluding hydrogens is 358 g/mol. The summed E-state index contributed by atoms with van der Waals surface area (Å²) in [6, 6.07) is 7.51. The van der Waals surface area contributed by atoms with Gasteiger partial charge in [0, 0.05) is 55.9 Å². The minimum Gasteiger partial charge on any atom is -0.378 e. The molecule has 0 spiro atoms. The van der Waals surface area contributed by atoms with Gasteiger partial charge in [-0.1, -0.05) is 0 Å². The standard InChI is InChI=1S/C20H25N5O3/c26-19(23-11-13-28-14-12-23)16-5-8-24(9-6-16)20(27)22-17-1-3-18(4-2-17)25-10-7-21-15-25/h1-4,7,10,15-16H,5-6,8-9,11-14H2,(H,22,27). The third-order valence-electron chi connectivity index (χ3n) is 5.38. The van der Waals surface area contributed by atoms with Gasteiger partial charge in [-0.2, -0.15) is 0 Å². The lowest BCUT2D eigenvalue weighted by atomic mass is 9.95. The second kappa shape index (κ2) is 8.43. The fourth-order valence-electron chi connectivity index (χ4n) is 3.70. The molecule has 2 saturated heterocycles. The summed E-state index contributed by atoms with van der Waals surface area (Å²) in [6.07, 6.45) is 6.75. The van der Waals surface area contributed by atoms with Crippen LogP contribution < -0.4 is 5.32 Å². The van der Waals surface area contributed by atoms with E-state index in [0.29, 0.717) is 52.2 Å². The number of amides is 3. The van der Waals surface area contributed by atoms with Crippen molar-refractivity contribution in [3.63, 3.8) is 0 Å². The van der Waals surface area contributed by atoms with E-state index in [1.165, 1.54) is 0 Å². The zero-order valence-electron chi connectivity index (χ0n) is 15.8. The Bertz CT molecular complexity index is 792. The maximum Gasteiger partial charge on any atom is 0.321 e. The lowest BCUT2D eigenvalue weighted by Crippen LogP contribution is -2.48. The Hall–Kier alpha value is -2.87. The molecule has 0 unspecified atom stereocenters. The lowest BCUT2D eigenvalue weighted by Gasteiger charge is -2.35. The number of benzene rings is 1. The van der Waals surface area contributed by atoms with Crippen LogP contribution in [-0.2, 0) is 9.53 Å². The Morgan fingerprint density at radius 3 is 2.36 bits per heavy atom. The first kappa shape index (κ1) is 18.5. The molecular formula is C20H25N5O3. The van der Waals surface area contributed by atoms with Crippen LogP contribution in [-0.4, -0.2) is 70.7 Å². The number of rotatable bonds is 3. The van der Waals surface area contributed by atoms with Crippen molar-refractivity contribution in [3.8, 4) is 5.69 Å². The second-order valence-electron chi connectivity index (χ2n) is 7.15. The molecule has 1 N–H and O–H groups in total. The number of likely N-dealkylation sites (tertiary alicyclic amines) is 1. The van der Waals surface area contributed by atoms with Gasteiger partial charge in [-0.05, 0) is 37.1 Å². The first-order valence-electron chi connectivity index (χ1n) is 9.71. The summed E-state index contributed by atoms with van der Waals surface area (Å²) in [5.74, 6) is 0.218. The predicted octanol–water partition coefficient (Wildman–Crippen LogP) is 1.97. The summed E-state index contributed by atoms with van der Waals surface area (Å²) in [7, 11) is 0. The Labute approximate surface area is 164 Å². The van der Waals surface area contributed by atoms with Gasteiger partial charge in [-0.15, -0.1) is 0 Å². The molecule has 1 aromatic heterocycles. The SMILES string of the molecule is O=C(Nc1ccc(-n2ccnc2)cc1)N1CCC(C(=O)N2CCOCC2)CC1. The third-order valence-corrected chi connectivity index (χ3v) is 5.38. The molecule has 3 amide bonds. The highest BCUT2D eigenvalue weighted by Gasteiger charge is 2.30. The molecule has 2 fully saturated rings. The Balaban J connectivity index is 1.27. The van der Waals surface area contributed by atoms with Crippen LogP contribution >= 0.6 is 0 Å². The van der Waals surface area contributed by atoms with Crippen LogP contribution in [0.5, 0.6) is 0 Å². The number of piperidine rings is 1. The normalized spacial score (nSPS) is 18.1. The maximum atomic E-state index is 12.6. The van der Waals surface area contributed by atoms with Crippen LogP contribution in [0, 0.1) is 5.92 Å². The molecule has 0 radical (unpaired) electrons. The average molecular weight is 383 g/mol. The number of carbonyl (C=O) groups excluding carboxylic acids is 2. The molecule has 0 aliphatic carbocycles. The fourth-order valence-corrected chi connectivity index (χ4v) is 3.70. The molecule has 28 heavy (non-hydrogen) atoms. The smallest absolute Gasteiger partial charge is 0.321 e. The number of urea groups is 1. The minimum atomic E-state index is -0.118. The summed E-state index contributed by atoms with van der Waals surface area (Å²) < 4.78 is 7.22. The van der Waals surface area contributed by atoms with Crippen LogP contribution in [0.4, 0.5) is 10.5 Å². The van der Waals surface area contributed by atoms with E-state index in [0.717, 1.165) is 11.4 Å². The van der Waals surface area contributed by atoms with Gasteiger partial charge in [-0.3, -0.25) is 4.79 Å². The summed E-state index contributed by atoms with van der Waals surface area (Å²) in [5.41, 5.74) is 1.73. The summed E-state index contributed by atoms with van der Waals surface area (Å²) in [6.45, 7) is 3.78. The number of ether oxygens (including phenoxy) is 1. The number of anilines is 1. The Morgan fingerprint density at radius 2 is 1.71 bits per heavy atom. The zero-order chi connectivity index (χ0) is 19.3. The number of morpholine rings is 1. The summed E-state index contributed by atoms with van der Waals surface area (Å²) in [5, 5.41) is 2.94. The number of hydrogen-bond donors (Lipinski definition) is 1.